The van der Waals surface area contributed by atoms with Gasteiger partial charge in [0.15, 0.2) is 5.11 Å². The maximum atomic E-state index is 12.8. The highest BCUT2D eigenvalue weighted by Gasteiger charge is 2.10. The number of nitrogens with one attached hydrogen (secondary N) is 3. The molecule has 2 aromatic rings. The zero-order valence-corrected chi connectivity index (χ0v) is 11.3. The maximum Gasteiger partial charge on any atom is 0.266 e. The van der Waals surface area contributed by atoms with Crippen LogP contribution in [0.3, 0.4) is 0 Å². The van der Waals surface area contributed by atoms with E-state index in [1.807, 2.05) is 0 Å². The number of nitrogens with zero attached hydrogens (tertiary/aromatic N) is 1. The van der Waals surface area contributed by atoms with Gasteiger partial charge < -0.3 is 10.6 Å². The summed E-state index contributed by atoms with van der Waals surface area (Å²) in [4.78, 5) is 22.4. The summed E-state index contributed by atoms with van der Waals surface area (Å²) in [7, 11) is 0. The van der Waals surface area contributed by atoms with E-state index in [-0.39, 0.29) is 22.7 Å². The Morgan fingerprint density at radius 1 is 1.30 bits per heavy atom. The van der Waals surface area contributed by atoms with Crippen molar-refractivity contribution in [1.29, 1.82) is 0 Å². The molecule has 0 aliphatic heterocycles. The lowest BCUT2D eigenvalue weighted by Gasteiger charge is -2.11. The number of thiocarbonyl (C=S) groups is 1. The third kappa shape index (κ3) is 3.29. The van der Waals surface area contributed by atoms with E-state index in [2.05, 4.69) is 15.7 Å². The van der Waals surface area contributed by atoms with Gasteiger partial charge in [-0.3, -0.25) is 14.7 Å². The lowest BCUT2D eigenvalue weighted by Crippen LogP contribution is -2.24. The number of anilines is 2. The summed E-state index contributed by atoms with van der Waals surface area (Å²) in [5, 5.41) is 7.89. The minimum absolute atomic E-state index is 0.141. The van der Waals surface area contributed by atoms with Crippen LogP contribution >= 0.6 is 12.2 Å². The number of halogens is 1. The molecule has 0 aliphatic carbocycles. The lowest BCUT2D eigenvalue weighted by atomic mass is 10.3. The van der Waals surface area contributed by atoms with E-state index in [0.717, 1.165) is 0 Å². The molecule has 3 N–H and O–H groups in total. The summed E-state index contributed by atoms with van der Waals surface area (Å²) in [6.07, 6.45) is 0. The molecule has 1 amide bonds. The molecule has 2 rings (SSSR count). The van der Waals surface area contributed by atoms with E-state index in [1.165, 1.54) is 41.9 Å². The van der Waals surface area contributed by atoms with Crippen molar-refractivity contribution >= 4 is 34.7 Å². The number of aromatic amines is 1. The van der Waals surface area contributed by atoms with E-state index >= 15 is 0 Å². The minimum atomic E-state index is -0.406. The molecule has 1 heterocycles. The van der Waals surface area contributed by atoms with Gasteiger partial charge in [-0.15, -0.1) is 0 Å². The van der Waals surface area contributed by atoms with Crippen molar-refractivity contribution in [2.75, 3.05) is 10.6 Å². The SMILES string of the molecule is CC(=O)Nc1cc(=O)[nH]n1C(=S)Nc1ccc(F)cc1. The van der Waals surface area contributed by atoms with Crippen LogP contribution in [0, 0.1) is 5.82 Å². The molecule has 8 heteroatoms. The fourth-order valence-electron chi connectivity index (χ4n) is 1.54. The molecule has 0 bridgehead atoms. The Kier molecular flexibility index (Phi) is 3.94. The van der Waals surface area contributed by atoms with Crippen molar-refractivity contribution in [2.45, 2.75) is 6.92 Å². The van der Waals surface area contributed by atoms with Crippen LogP contribution in [0.5, 0.6) is 0 Å². The molecule has 6 nitrogen and oxygen atoms in total. The van der Waals surface area contributed by atoms with Crippen molar-refractivity contribution in [3.8, 4) is 0 Å². The zero-order valence-electron chi connectivity index (χ0n) is 10.4. The molecular weight excluding hydrogens is 283 g/mol. The van der Waals surface area contributed by atoms with Crippen molar-refractivity contribution in [3.05, 3.63) is 46.5 Å². The highest BCUT2D eigenvalue weighted by atomic mass is 32.1. The third-order valence-electron chi connectivity index (χ3n) is 2.33. The van der Waals surface area contributed by atoms with Crippen LogP contribution in [-0.2, 0) is 4.79 Å². The Labute approximate surface area is 118 Å². The summed E-state index contributed by atoms with van der Waals surface area (Å²) in [6.45, 7) is 1.32. The van der Waals surface area contributed by atoms with E-state index in [1.54, 1.807) is 0 Å². The number of rotatable bonds is 2. The summed E-state index contributed by atoms with van der Waals surface area (Å²) < 4.78 is 14.0. The first-order valence-corrected chi connectivity index (χ1v) is 6.03. The molecule has 104 valence electrons. The fraction of sp³-hybridized carbons (Fsp3) is 0.0833. The second kappa shape index (κ2) is 5.66. The number of H-pyrrole nitrogens is 1. The van der Waals surface area contributed by atoms with Crippen LogP contribution in [0.4, 0.5) is 15.9 Å². The van der Waals surface area contributed by atoms with Crippen LogP contribution < -0.4 is 16.2 Å². The van der Waals surface area contributed by atoms with Crippen molar-refractivity contribution in [3.63, 3.8) is 0 Å². The topological polar surface area (TPSA) is 78.9 Å². The molecule has 0 saturated heterocycles. The molecule has 0 unspecified atom stereocenters. The van der Waals surface area contributed by atoms with Gasteiger partial charge >= 0.3 is 0 Å². The van der Waals surface area contributed by atoms with Crippen LogP contribution in [0.2, 0.25) is 0 Å². The number of hydrogen-bond acceptors (Lipinski definition) is 3. The molecule has 0 aliphatic rings. The monoisotopic (exact) mass is 294 g/mol. The molecule has 0 saturated carbocycles. The Morgan fingerprint density at radius 3 is 2.55 bits per heavy atom. The van der Waals surface area contributed by atoms with Gasteiger partial charge in [-0.1, -0.05) is 0 Å². The predicted molar refractivity (Wildman–Crippen MR) is 77.4 cm³/mol. The summed E-state index contributed by atoms with van der Waals surface area (Å²) >= 11 is 5.13. The van der Waals surface area contributed by atoms with Gasteiger partial charge in [0.25, 0.3) is 5.56 Å². The summed E-state index contributed by atoms with van der Waals surface area (Å²) in [5.41, 5.74) is 0.150. The first kappa shape index (κ1) is 13.9. The normalized spacial score (nSPS) is 10.1. The van der Waals surface area contributed by atoms with Crippen LogP contribution in [0.1, 0.15) is 6.92 Å². The molecular formula is C12H11FN4O2S. The van der Waals surface area contributed by atoms with Gasteiger partial charge in [0.05, 0.1) is 0 Å². The Morgan fingerprint density at radius 2 is 1.95 bits per heavy atom. The van der Waals surface area contributed by atoms with Crippen LogP contribution in [-0.4, -0.2) is 20.8 Å². The number of hydrogen-bond donors (Lipinski definition) is 3. The van der Waals surface area contributed by atoms with Gasteiger partial charge in [0, 0.05) is 18.7 Å². The van der Waals surface area contributed by atoms with Gasteiger partial charge in [0.1, 0.15) is 11.6 Å². The molecule has 0 atom stereocenters. The average Bonchev–Trinajstić information content (AvgIpc) is 2.72. The van der Waals surface area contributed by atoms with Crippen molar-refractivity contribution in [1.82, 2.24) is 9.78 Å². The number of aromatic nitrogens is 2. The van der Waals surface area contributed by atoms with Crippen molar-refractivity contribution < 1.29 is 9.18 Å². The first-order chi connectivity index (χ1) is 9.45. The predicted octanol–water partition coefficient (Wildman–Crippen LogP) is 1.52. The van der Waals surface area contributed by atoms with Gasteiger partial charge in [-0.05, 0) is 36.5 Å². The number of carbonyl (C=O) groups is 1. The average molecular weight is 294 g/mol. The quantitative estimate of drug-likeness (QED) is 0.734. The van der Waals surface area contributed by atoms with Gasteiger partial charge in [0.2, 0.25) is 5.91 Å². The van der Waals surface area contributed by atoms with Crippen LogP contribution in [0.25, 0.3) is 0 Å². The van der Waals surface area contributed by atoms with E-state index in [0.29, 0.717) is 5.69 Å². The molecule has 20 heavy (non-hydrogen) atoms. The number of carbonyl (C=O) groups excluding carboxylic acids is 1. The number of benzene rings is 1. The summed E-state index contributed by atoms with van der Waals surface area (Å²) in [6, 6.07) is 6.76. The molecule has 1 aromatic heterocycles. The molecule has 0 radical (unpaired) electrons. The Hall–Kier alpha value is -2.48. The largest absolute Gasteiger partial charge is 0.331 e. The highest BCUT2D eigenvalue weighted by molar-refractivity contribution is 7.80. The van der Waals surface area contributed by atoms with E-state index in [9.17, 15) is 14.0 Å². The molecule has 0 spiro atoms. The number of amides is 1. The van der Waals surface area contributed by atoms with E-state index in [4.69, 9.17) is 12.2 Å². The molecule has 0 fully saturated rings. The lowest BCUT2D eigenvalue weighted by molar-refractivity contribution is -0.114. The van der Waals surface area contributed by atoms with E-state index < -0.39 is 5.56 Å². The van der Waals surface area contributed by atoms with Crippen LogP contribution in [0.15, 0.2) is 35.1 Å². The standard InChI is InChI=1S/C12H11FN4O2S/c1-7(18)14-10-6-11(19)16-17(10)12(20)15-9-4-2-8(13)3-5-9/h2-6H,1H3,(H,14,18)(H,15,20)(H,16,19). The Bertz CT molecular complexity index is 705. The minimum Gasteiger partial charge on any atom is -0.331 e. The van der Waals surface area contributed by atoms with Crippen molar-refractivity contribution in [2.24, 2.45) is 0 Å². The fourth-order valence-corrected chi connectivity index (χ4v) is 1.80. The van der Waals surface area contributed by atoms with Gasteiger partial charge in [-0.25, -0.2) is 9.07 Å². The molecule has 1 aromatic carbocycles. The zero-order chi connectivity index (χ0) is 14.7. The Balaban J connectivity index is 2.22. The first-order valence-electron chi connectivity index (χ1n) is 5.62. The smallest absolute Gasteiger partial charge is 0.266 e. The second-order valence-corrected chi connectivity index (χ2v) is 4.35. The highest BCUT2D eigenvalue weighted by Crippen LogP contribution is 2.10. The summed E-state index contributed by atoms with van der Waals surface area (Å²) in [5.74, 6) is -0.473. The second-order valence-electron chi connectivity index (χ2n) is 3.96. The maximum absolute atomic E-state index is 12.8. The third-order valence-corrected chi connectivity index (χ3v) is 2.62. The van der Waals surface area contributed by atoms with Gasteiger partial charge in [-0.2, -0.15) is 0 Å².